The topological polar surface area (TPSA) is 52.9 Å². The highest BCUT2D eigenvalue weighted by molar-refractivity contribution is 9.10. The zero-order valence-electron chi connectivity index (χ0n) is 11.9. The molecule has 2 rings (SSSR count). The average molecular weight is 355 g/mol. The Hall–Kier alpha value is -2.38. The summed E-state index contributed by atoms with van der Waals surface area (Å²) in [5, 5.41) is 11.9. The Bertz CT molecular complexity index is 700. The third-order valence-corrected chi connectivity index (χ3v) is 3.62. The maximum Gasteiger partial charge on any atom is 0.261 e. The first-order valence-electron chi connectivity index (χ1n) is 6.88. The van der Waals surface area contributed by atoms with Crippen molar-refractivity contribution in [3.8, 4) is 6.07 Å². The van der Waals surface area contributed by atoms with E-state index in [2.05, 4.69) is 21.2 Å². The number of carbonyl (C=O) groups is 1. The predicted octanol–water partition coefficient (Wildman–Crippen LogP) is 3.71. The van der Waals surface area contributed by atoms with Crippen LogP contribution in [0, 0.1) is 11.3 Å². The van der Waals surface area contributed by atoms with Gasteiger partial charge in [0, 0.05) is 11.0 Å². The van der Waals surface area contributed by atoms with Crippen molar-refractivity contribution in [3.05, 3.63) is 75.8 Å². The Labute approximate surface area is 138 Å². The lowest BCUT2D eigenvalue weighted by Gasteiger charge is -2.04. The van der Waals surface area contributed by atoms with Crippen molar-refractivity contribution in [2.45, 2.75) is 6.42 Å². The molecule has 110 valence electrons. The SMILES string of the molecule is N#C/C(=C/c1ccc(Br)cc1)C(=O)NCCc1ccccc1. The van der Waals surface area contributed by atoms with Gasteiger partial charge in [-0.05, 0) is 35.8 Å². The van der Waals surface area contributed by atoms with Crippen molar-refractivity contribution in [1.29, 1.82) is 5.26 Å². The van der Waals surface area contributed by atoms with Gasteiger partial charge in [0.15, 0.2) is 0 Å². The number of amides is 1. The Kier molecular flexibility index (Phi) is 5.93. The van der Waals surface area contributed by atoms with Gasteiger partial charge in [0.1, 0.15) is 11.6 Å². The molecule has 1 amide bonds. The molecule has 0 radical (unpaired) electrons. The van der Waals surface area contributed by atoms with Crippen molar-refractivity contribution >= 4 is 27.9 Å². The molecule has 0 aromatic heterocycles. The van der Waals surface area contributed by atoms with E-state index in [9.17, 15) is 4.79 Å². The molecule has 22 heavy (non-hydrogen) atoms. The summed E-state index contributed by atoms with van der Waals surface area (Å²) in [5.41, 5.74) is 2.08. The lowest BCUT2D eigenvalue weighted by molar-refractivity contribution is -0.117. The maximum absolute atomic E-state index is 12.0. The summed E-state index contributed by atoms with van der Waals surface area (Å²) in [5.74, 6) is -0.346. The Morgan fingerprint density at radius 2 is 1.82 bits per heavy atom. The first-order chi connectivity index (χ1) is 10.7. The first-order valence-corrected chi connectivity index (χ1v) is 7.68. The fraction of sp³-hybridized carbons (Fsp3) is 0.111. The second-order valence-corrected chi connectivity index (χ2v) is 5.63. The summed E-state index contributed by atoms with van der Waals surface area (Å²) in [7, 11) is 0. The largest absolute Gasteiger partial charge is 0.351 e. The Morgan fingerprint density at radius 1 is 1.14 bits per heavy atom. The van der Waals surface area contributed by atoms with Gasteiger partial charge in [-0.3, -0.25) is 4.79 Å². The fourth-order valence-corrected chi connectivity index (χ4v) is 2.20. The van der Waals surface area contributed by atoms with E-state index < -0.39 is 0 Å². The summed E-state index contributed by atoms with van der Waals surface area (Å²) in [6.07, 6.45) is 2.33. The lowest BCUT2D eigenvalue weighted by Crippen LogP contribution is -2.26. The number of hydrogen-bond acceptors (Lipinski definition) is 2. The van der Waals surface area contributed by atoms with E-state index in [0.29, 0.717) is 6.54 Å². The van der Waals surface area contributed by atoms with E-state index >= 15 is 0 Å². The van der Waals surface area contributed by atoms with Crippen molar-refractivity contribution < 1.29 is 4.79 Å². The highest BCUT2D eigenvalue weighted by atomic mass is 79.9. The third kappa shape index (κ3) is 4.87. The molecule has 0 saturated carbocycles. The molecule has 0 atom stereocenters. The van der Waals surface area contributed by atoms with Crippen molar-refractivity contribution in [1.82, 2.24) is 5.32 Å². The minimum Gasteiger partial charge on any atom is -0.351 e. The predicted molar refractivity (Wildman–Crippen MR) is 90.9 cm³/mol. The van der Waals surface area contributed by atoms with Crippen LogP contribution in [0.3, 0.4) is 0 Å². The molecule has 3 nitrogen and oxygen atoms in total. The van der Waals surface area contributed by atoms with Gasteiger partial charge in [0.2, 0.25) is 0 Å². The monoisotopic (exact) mass is 354 g/mol. The summed E-state index contributed by atoms with van der Waals surface area (Å²) >= 11 is 3.35. The third-order valence-electron chi connectivity index (χ3n) is 3.09. The number of benzene rings is 2. The number of nitrogens with zero attached hydrogens (tertiary/aromatic N) is 1. The van der Waals surface area contributed by atoms with Crippen molar-refractivity contribution in [2.75, 3.05) is 6.54 Å². The summed E-state index contributed by atoms with van der Waals surface area (Å²) < 4.78 is 0.954. The smallest absolute Gasteiger partial charge is 0.261 e. The minimum absolute atomic E-state index is 0.107. The number of carbonyl (C=O) groups excluding carboxylic acids is 1. The Balaban J connectivity index is 1.94. The summed E-state index contributed by atoms with van der Waals surface area (Å²) in [6.45, 7) is 0.502. The molecule has 0 aliphatic carbocycles. The Morgan fingerprint density at radius 3 is 2.45 bits per heavy atom. The van der Waals surface area contributed by atoms with Crippen LogP contribution >= 0.6 is 15.9 Å². The van der Waals surface area contributed by atoms with Crippen LogP contribution in [-0.2, 0) is 11.2 Å². The maximum atomic E-state index is 12.0. The average Bonchev–Trinajstić information content (AvgIpc) is 2.55. The molecule has 1 N–H and O–H groups in total. The molecular weight excluding hydrogens is 340 g/mol. The first kappa shape index (κ1) is 16.0. The van der Waals surface area contributed by atoms with Gasteiger partial charge in [-0.25, -0.2) is 0 Å². The quantitative estimate of drug-likeness (QED) is 0.657. The molecule has 0 fully saturated rings. The van der Waals surface area contributed by atoms with E-state index in [1.165, 1.54) is 0 Å². The van der Waals surface area contributed by atoms with Crippen LogP contribution in [0.2, 0.25) is 0 Å². The molecule has 0 spiro atoms. The highest BCUT2D eigenvalue weighted by Gasteiger charge is 2.08. The molecule has 0 unspecified atom stereocenters. The summed E-state index contributed by atoms with van der Waals surface area (Å²) in [6, 6.07) is 19.3. The minimum atomic E-state index is -0.346. The van der Waals surface area contributed by atoms with Crippen LogP contribution in [0.1, 0.15) is 11.1 Å². The number of nitrogens with one attached hydrogen (secondary N) is 1. The molecule has 0 saturated heterocycles. The van der Waals surface area contributed by atoms with E-state index in [1.807, 2.05) is 60.7 Å². The van der Waals surface area contributed by atoms with Gasteiger partial charge in [-0.2, -0.15) is 5.26 Å². The van der Waals surface area contributed by atoms with E-state index in [-0.39, 0.29) is 11.5 Å². The molecule has 0 aliphatic heterocycles. The number of rotatable bonds is 5. The number of halogens is 1. The molecule has 4 heteroatoms. The van der Waals surface area contributed by atoms with Gasteiger partial charge < -0.3 is 5.32 Å². The number of hydrogen-bond donors (Lipinski definition) is 1. The van der Waals surface area contributed by atoms with E-state index in [4.69, 9.17) is 5.26 Å². The molecule has 2 aromatic rings. The van der Waals surface area contributed by atoms with Gasteiger partial charge in [-0.1, -0.05) is 58.4 Å². The van der Waals surface area contributed by atoms with E-state index in [0.717, 1.165) is 22.0 Å². The highest BCUT2D eigenvalue weighted by Crippen LogP contribution is 2.13. The zero-order valence-corrected chi connectivity index (χ0v) is 13.5. The van der Waals surface area contributed by atoms with Crippen molar-refractivity contribution in [3.63, 3.8) is 0 Å². The fourth-order valence-electron chi connectivity index (χ4n) is 1.93. The van der Waals surface area contributed by atoms with Gasteiger partial charge in [0.25, 0.3) is 5.91 Å². The van der Waals surface area contributed by atoms with Gasteiger partial charge in [-0.15, -0.1) is 0 Å². The van der Waals surface area contributed by atoms with Crippen molar-refractivity contribution in [2.24, 2.45) is 0 Å². The van der Waals surface area contributed by atoms with E-state index in [1.54, 1.807) is 6.08 Å². The number of nitriles is 1. The van der Waals surface area contributed by atoms with Crippen LogP contribution in [0.4, 0.5) is 0 Å². The lowest BCUT2D eigenvalue weighted by atomic mass is 10.1. The molecule has 0 aliphatic rings. The molecular formula is C18H15BrN2O. The second-order valence-electron chi connectivity index (χ2n) is 4.71. The van der Waals surface area contributed by atoms with Crippen LogP contribution in [0.5, 0.6) is 0 Å². The zero-order chi connectivity index (χ0) is 15.8. The van der Waals surface area contributed by atoms with Crippen LogP contribution in [0.15, 0.2) is 64.6 Å². The van der Waals surface area contributed by atoms with Gasteiger partial charge >= 0.3 is 0 Å². The normalized spacial score (nSPS) is 10.8. The molecule has 0 heterocycles. The van der Waals surface area contributed by atoms with Crippen LogP contribution in [0.25, 0.3) is 6.08 Å². The molecule has 0 bridgehead atoms. The van der Waals surface area contributed by atoms with Crippen LogP contribution < -0.4 is 5.32 Å². The second kappa shape index (κ2) is 8.16. The van der Waals surface area contributed by atoms with Crippen LogP contribution in [-0.4, -0.2) is 12.5 Å². The standard InChI is InChI=1S/C18H15BrN2O/c19-17-8-6-15(7-9-17)12-16(13-20)18(22)21-11-10-14-4-2-1-3-5-14/h1-9,12H,10-11H2,(H,21,22)/b16-12-. The van der Waals surface area contributed by atoms with Gasteiger partial charge in [0.05, 0.1) is 0 Å². The molecule has 2 aromatic carbocycles. The summed E-state index contributed by atoms with van der Waals surface area (Å²) in [4.78, 5) is 12.0.